The second-order valence-corrected chi connectivity index (χ2v) is 4.14. The normalized spacial score (nSPS) is 12.6. The Bertz CT molecular complexity index is 358. The molecule has 0 aromatic heterocycles. The van der Waals surface area contributed by atoms with E-state index in [1.807, 2.05) is 38.1 Å². The summed E-state index contributed by atoms with van der Waals surface area (Å²) in [7, 11) is 1.57. The van der Waals surface area contributed by atoms with Crippen molar-refractivity contribution in [2.45, 2.75) is 26.4 Å². The van der Waals surface area contributed by atoms with Crippen molar-refractivity contribution in [1.82, 2.24) is 0 Å². The second-order valence-electron chi connectivity index (χ2n) is 4.14. The lowest BCUT2D eigenvalue weighted by atomic mass is 9.98. The molecular formula is C13H18O3. The third-order valence-electron chi connectivity index (χ3n) is 2.52. The Labute approximate surface area is 96.1 Å². The van der Waals surface area contributed by atoms with Gasteiger partial charge in [-0.15, -0.1) is 0 Å². The van der Waals surface area contributed by atoms with Crippen LogP contribution in [0, 0.1) is 5.92 Å². The van der Waals surface area contributed by atoms with Gasteiger partial charge in [0.1, 0.15) is 11.9 Å². The summed E-state index contributed by atoms with van der Waals surface area (Å²) in [6, 6.07) is 7.35. The zero-order chi connectivity index (χ0) is 12.1. The molecule has 1 aromatic carbocycles. The number of carbonyl (C=O) groups excluding carboxylic acids is 1. The van der Waals surface area contributed by atoms with Gasteiger partial charge in [-0.1, -0.05) is 32.0 Å². The average molecular weight is 222 g/mol. The number of benzene rings is 1. The van der Waals surface area contributed by atoms with Crippen molar-refractivity contribution in [1.29, 1.82) is 0 Å². The lowest BCUT2D eigenvalue weighted by molar-refractivity contribution is -0.128. The first-order valence-corrected chi connectivity index (χ1v) is 5.39. The van der Waals surface area contributed by atoms with E-state index in [1.54, 1.807) is 7.11 Å². The van der Waals surface area contributed by atoms with Crippen molar-refractivity contribution < 1.29 is 14.6 Å². The van der Waals surface area contributed by atoms with E-state index in [9.17, 15) is 9.90 Å². The third-order valence-corrected chi connectivity index (χ3v) is 2.52. The summed E-state index contributed by atoms with van der Waals surface area (Å²) in [5.41, 5.74) is 0.815. The molecule has 0 fully saturated rings. The Hall–Kier alpha value is -1.35. The minimum absolute atomic E-state index is 0.0535. The van der Waals surface area contributed by atoms with Crippen molar-refractivity contribution in [2.24, 2.45) is 5.92 Å². The van der Waals surface area contributed by atoms with Crippen molar-refractivity contribution in [3.63, 3.8) is 0 Å². The number of carbonyl (C=O) groups is 1. The van der Waals surface area contributed by atoms with Crippen molar-refractivity contribution in [3.8, 4) is 5.75 Å². The SMILES string of the molecule is COc1ccccc1CC(=O)C(O)C(C)C. The Morgan fingerprint density at radius 1 is 1.38 bits per heavy atom. The van der Waals surface area contributed by atoms with Gasteiger partial charge in [0.05, 0.1) is 7.11 Å². The molecule has 3 nitrogen and oxygen atoms in total. The van der Waals surface area contributed by atoms with Crippen LogP contribution in [-0.2, 0) is 11.2 Å². The van der Waals surface area contributed by atoms with Gasteiger partial charge in [0.2, 0.25) is 0 Å². The Kier molecular flexibility index (Phi) is 4.50. The molecule has 0 aliphatic rings. The molecule has 0 bridgehead atoms. The Morgan fingerprint density at radius 2 is 2.00 bits per heavy atom. The highest BCUT2D eigenvalue weighted by Gasteiger charge is 2.19. The van der Waals surface area contributed by atoms with Crippen molar-refractivity contribution in [2.75, 3.05) is 7.11 Å². The first-order valence-electron chi connectivity index (χ1n) is 5.39. The predicted molar refractivity (Wildman–Crippen MR) is 62.5 cm³/mol. The number of hydrogen-bond donors (Lipinski definition) is 1. The van der Waals surface area contributed by atoms with E-state index in [0.717, 1.165) is 5.56 Å². The van der Waals surface area contributed by atoms with Crippen LogP contribution in [0.3, 0.4) is 0 Å². The topological polar surface area (TPSA) is 46.5 Å². The number of para-hydroxylation sites is 1. The number of Topliss-reactive ketones (excluding diaryl/α,β-unsaturated/α-hetero) is 1. The molecule has 1 unspecified atom stereocenters. The van der Waals surface area contributed by atoms with Crippen LogP contribution in [0.1, 0.15) is 19.4 Å². The fourth-order valence-corrected chi connectivity index (χ4v) is 1.51. The Morgan fingerprint density at radius 3 is 2.56 bits per heavy atom. The van der Waals surface area contributed by atoms with Gasteiger partial charge in [-0.3, -0.25) is 4.79 Å². The highest BCUT2D eigenvalue weighted by molar-refractivity contribution is 5.85. The van der Waals surface area contributed by atoms with Crippen LogP contribution in [0.15, 0.2) is 24.3 Å². The average Bonchev–Trinajstić information content (AvgIpc) is 2.28. The molecule has 0 radical (unpaired) electrons. The van der Waals surface area contributed by atoms with Crippen LogP contribution >= 0.6 is 0 Å². The molecule has 16 heavy (non-hydrogen) atoms. The molecule has 0 amide bonds. The minimum atomic E-state index is -0.898. The summed E-state index contributed by atoms with van der Waals surface area (Å²) in [4.78, 5) is 11.7. The molecule has 1 atom stereocenters. The van der Waals surface area contributed by atoms with Gasteiger partial charge in [0.25, 0.3) is 0 Å². The van der Waals surface area contributed by atoms with Crippen LogP contribution in [0.25, 0.3) is 0 Å². The zero-order valence-electron chi connectivity index (χ0n) is 9.93. The number of hydrogen-bond acceptors (Lipinski definition) is 3. The molecule has 0 aliphatic carbocycles. The summed E-state index contributed by atoms with van der Waals surface area (Å²) in [6.07, 6.45) is -0.687. The van der Waals surface area contributed by atoms with E-state index in [0.29, 0.717) is 5.75 Å². The molecule has 0 heterocycles. The van der Waals surface area contributed by atoms with Gasteiger partial charge < -0.3 is 9.84 Å². The van der Waals surface area contributed by atoms with Gasteiger partial charge in [0, 0.05) is 12.0 Å². The van der Waals surface area contributed by atoms with Gasteiger partial charge in [0.15, 0.2) is 5.78 Å². The number of ketones is 1. The van der Waals surface area contributed by atoms with Gasteiger partial charge >= 0.3 is 0 Å². The molecule has 1 aromatic rings. The standard InChI is InChI=1S/C13H18O3/c1-9(2)13(15)11(14)8-10-6-4-5-7-12(10)16-3/h4-7,9,13,15H,8H2,1-3H3. The lowest BCUT2D eigenvalue weighted by Crippen LogP contribution is -2.27. The fourth-order valence-electron chi connectivity index (χ4n) is 1.51. The maximum absolute atomic E-state index is 11.7. The number of aliphatic hydroxyl groups excluding tert-OH is 1. The molecule has 3 heteroatoms. The van der Waals surface area contributed by atoms with E-state index in [2.05, 4.69) is 0 Å². The van der Waals surface area contributed by atoms with Crippen LogP contribution < -0.4 is 4.74 Å². The zero-order valence-corrected chi connectivity index (χ0v) is 9.93. The minimum Gasteiger partial charge on any atom is -0.496 e. The third kappa shape index (κ3) is 3.07. The molecule has 88 valence electrons. The molecule has 0 aliphatic heterocycles. The quantitative estimate of drug-likeness (QED) is 0.826. The molecule has 0 saturated heterocycles. The Balaban J connectivity index is 2.76. The smallest absolute Gasteiger partial charge is 0.166 e. The van der Waals surface area contributed by atoms with Crippen molar-refractivity contribution >= 4 is 5.78 Å². The highest BCUT2D eigenvalue weighted by Crippen LogP contribution is 2.19. The van der Waals surface area contributed by atoms with Gasteiger partial charge in [-0.05, 0) is 12.0 Å². The molecule has 0 saturated carbocycles. The maximum atomic E-state index is 11.7. The molecular weight excluding hydrogens is 204 g/mol. The molecule has 0 spiro atoms. The summed E-state index contributed by atoms with van der Waals surface area (Å²) >= 11 is 0. The van der Waals surface area contributed by atoms with E-state index >= 15 is 0 Å². The number of methoxy groups -OCH3 is 1. The summed E-state index contributed by atoms with van der Waals surface area (Å²) in [5.74, 6) is 0.466. The van der Waals surface area contributed by atoms with E-state index in [4.69, 9.17) is 4.74 Å². The largest absolute Gasteiger partial charge is 0.496 e. The summed E-state index contributed by atoms with van der Waals surface area (Å²) in [6.45, 7) is 3.65. The van der Waals surface area contributed by atoms with Crippen molar-refractivity contribution in [3.05, 3.63) is 29.8 Å². The van der Waals surface area contributed by atoms with Crippen LogP contribution in [0.2, 0.25) is 0 Å². The summed E-state index contributed by atoms with van der Waals surface area (Å²) in [5, 5.41) is 9.63. The number of aliphatic hydroxyl groups is 1. The highest BCUT2D eigenvalue weighted by atomic mass is 16.5. The lowest BCUT2D eigenvalue weighted by Gasteiger charge is -2.14. The first-order chi connectivity index (χ1) is 7.56. The van der Waals surface area contributed by atoms with E-state index in [1.165, 1.54) is 0 Å². The number of ether oxygens (including phenoxy) is 1. The number of rotatable bonds is 5. The first kappa shape index (κ1) is 12.7. The van der Waals surface area contributed by atoms with Crippen LogP contribution in [0.4, 0.5) is 0 Å². The summed E-state index contributed by atoms with van der Waals surface area (Å²) < 4.78 is 5.15. The van der Waals surface area contributed by atoms with Gasteiger partial charge in [-0.2, -0.15) is 0 Å². The van der Waals surface area contributed by atoms with E-state index in [-0.39, 0.29) is 18.1 Å². The van der Waals surface area contributed by atoms with Gasteiger partial charge in [-0.25, -0.2) is 0 Å². The fraction of sp³-hybridized carbons (Fsp3) is 0.462. The van der Waals surface area contributed by atoms with E-state index < -0.39 is 6.10 Å². The monoisotopic (exact) mass is 222 g/mol. The predicted octanol–water partition coefficient (Wildman–Crippen LogP) is 1.82. The molecule has 1 N–H and O–H groups in total. The molecule has 1 rings (SSSR count). The second kappa shape index (κ2) is 5.66. The van der Waals surface area contributed by atoms with Crippen LogP contribution in [0.5, 0.6) is 5.75 Å². The maximum Gasteiger partial charge on any atom is 0.166 e. The van der Waals surface area contributed by atoms with Crippen LogP contribution in [-0.4, -0.2) is 24.1 Å².